The van der Waals surface area contributed by atoms with Gasteiger partial charge < -0.3 is 9.11 Å². The summed E-state index contributed by atoms with van der Waals surface area (Å²) in [6.45, 7) is 20.4. The predicted octanol–water partition coefficient (Wildman–Crippen LogP) is 5.20. The fourth-order valence-electron chi connectivity index (χ4n) is 5.64. The molecule has 0 bridgehead atoms. The van der Waals surface area contributed by atoms with Crippen molar-refractivity contribution in [2.24, 2.45) is 0 Å². The van der Waals surface area contributed by atoms with Crippen molar-refractivity contribution < 1.29 is 43.2 Å². The number of alkyl halides is 6. The Balaban J connectivity index is 0.000000351. The molecule has 2 unspecified atom stereocenters. The number of nitrogens with one attached hydrogen (secondary N) is 1. The third kappa shape index (κ3) is 6.90. The van der Waals surface area contributed by atoms with Crippen molar-refractivity contribution in [1.82, 2.24) is 19.7 Å². The first-order valence-corrected chi connectivity index (χ1v) is 16.4. The Morgan fingerprint density at radius 1 is 0.738 bits per heavy atom. The van der Waals surface area contributed by atoms with E-state index in [-0.39, 0.29) is 5.54 Å². The van der Waals surface area contributed by atoms with Crippen molar-refractivity contribution in [2.75, 3.05) is 39.3 Å². The summed E-state index contributed by atoms with van der Waals surface area (Å²) in [6.07, 6.45) is 0. The number of hydrogen-bond acceptors (Lipinski definition) is 7. The Morgan fingerprint density at radius 3 is 1.48 bits per heavy atom. The molecule has 0 spiro atoms. The maximum atomic E-state index is 11.4. The van der Waals surface area contributed by atoms with Gasteiger partial charge in [0.05, 0.1) is 17.6 Å². The van der Waals surface area contributed by atoms with Gasteiger partial charge in [-0.3, -0.25) is 14.7 Å². The predicted molar refractivity (Wildman–Crippen MR) is 150 cm³/mol. The molecule has 1 N–H and O–H groups in total. The summed E-state index contributed by atoms with van der Waals surface area (Å²) in [6, 6.07) is 12.2. The lowest BCUT2D eigenvalue weighted by Gasteiger charge is -2.34. The summed E-state index contributed by atoms with van der Waals surface area (Å²) in [4.78, 5) is 11.9. The first-order chi connectivity index (χ1) is 19.3. The number of fused-ring (bicyclic) bond motifs is 1. The average molecular weight is 651 g/mol. The minimum absolute atomic E-state index is 0.0422. The Morgan fingerprint density at radius 2 is 1.14 bits per heavy atom. The molecule has 242 valence electrons. The number of para-hydroxylation sites is 1. The number of rotatable bonds is 12. The van der Waals surface area contributed by atoms with Crippen LogP contribution < -0.4 is 0 Å². The number of aromatic amines is 1. The number of H-pyrrole nitrogens is 1. The van der Waals surface area contributed by atoms with Crippen molar-refractivity contribution in [3.63, 3.8) is 0 Å². The van der Waals surface area contributed by atoms with Crippen molar-refractivity contribution in [3.05, 3.63) is 40.2 Å². The van der Waals surface area contributed by atoms with Crippen LogP contribution in [-0.4, -0.2) is 98.9 Å². The van der Waals surface area contributed by atoms with E-state index in [0.717, 1.165) is 43.4 Å². The molecule has 0 aliphatic heterocycles. The topological polar surface area (TPSA) is 108 Å². The lowest BCUT2D eigenvalue weighted by Crippen LogP contribution is -2.44. The van der Waals surface area contributed by atoms with Crippen molar-refractivity contribution >= 4 is 30.9 Å². The van der Waals surface area contributed by atoms with Gasteiger partial charge in [-0.05, 0) is 56.8 Å². The van der Waals surface area contributed by atoms with Gasteiger partial charge in [0.15, 0.2) is 20.0 Å². The maximum absolute atomic E-state index is 11.4. The Bertz CT molecular complexity index is 1290. The van der Waals surface area contributed by atoms with Crippen molar-refractivity contribution in [2.45, 2.75) is 70.2 Å². The first-order valence-electron chi connectivity index (χ1n) is 13.5. The fourth-order valence-corrected chi connectivity index (χ4v) is 7.35. The van der Waals surface area contributed by atoms with Gasteiger partial charge in [-0.25, -0.2) is 16.8 Å². The number of nitrogens with zero attached hydrogens (tertiary/aromatic N) is 4. The highest BCUT2D eigenvalue weighted by Gasteiger charge is 2.72. The van der Waals surface area contributed by atoms with Gasteiger partial charge in [0, 0.05) is 11.2 Å². The molecule has 3 rings (SSSR count). The summed E-state index contributed by atoms with van der Waals surface area (Å²) in [5.74, 6) is 0. The van der Waals surface area contributed by atoms with Gasteiger partial charge in [-0.15, -0.1) is 0 Å². The molecule has 1 fully saturated rings. The summed E-state index contributed by atoms with van der Waals surface area (Å²) in [5, 5.41) is 1.32. The zero-order valence-electron chi connectivity index (χ0n) is 24.3. The molecule has 9 nitrogen and oxygen atoms in total. The van der Waals surface area contributed by atoms with Gasteiger partial charge in [0.2, 0.25) is 0 Å². The Hall–Kier alpha value is -1.92. The van der Waals surface area contributed by atoms with E-state index in [2.05, 4.69) is 91.6 Å². The zero-order chi connectivity index (χ0) is 32.3. The van der Waals surface area contributed by atoms with E-state index >= 15 is 0 Å². The Labute approximate surface area is 243 Å². The van der Waals surface area contributed by atoms with Crippen LogP contribution in [0.4, 0.5) is 26.3 Å². The molecule has 0 saturated heterocycles. The van der Waals surface area contributed by atoms with Crippen LogP contribution in [-0.2, 0) is 25.6 Å². The average Bonchev–Trinajstić information content (AvgIpc) is 3.34. The molecule has 1 aliphatic rings. The molecule has 1 saturated carbocycles. The Kier molecular flexibility index (Phi) is 11.6. The van der Waals surface area contributed by atoms with Gasteiger partial charge in [-0.2, -0.15) is 26.3 Å². The summed E-state index contributed by atoms with van der Waals surface area (Å²) >= 11 is 0. The zero-order valence-corrected chi connectivity index (χ0v) is 25.9. The normalized spacial score (nSPS) is 21.7. The minimum atomic E-state index is -6.72. The smallest absolute Gasteiger partial charge is 0.421 e. The third-order valence-corrected chi connectivity index (χ3v) is 10.3. The van der Waals surface area contributed by atoms with Gasteiger partial charge >= 0.3 is 11.0 Å². The molecule has 1 aromatic heterocycles. The second kappa shape index (κ2) is 13.4. The molecular formula is C25H38F6N5O4S2-. The van der Waals surface area contributed by atoms with Crippen LogP contribution in [0.5, 0.6) is 0 Å². The molecule has 0 radical (unpaired) electrons. The van der Waals surface area contributed by atoms with Crippen LogP contribution in [0.15, 0.2) is 30.3 Å². The third-order valence-electron chi connectivity index (χ3n) is 7.53. The molecule has 2 aromatic rings. The van der Waals surface area contributed by atoms with Crippen LogP contribution in [0.1, 0.15) is 47.2 Å². The van der Waals surface area contributed by atoms with E-state index in [4.69, 9.17) is 0 Å². The molecule has 1 aromatic carbocycles. The van der Waals surface area contributed by atoms with Crippen molar-refractivity contribution in [1.29, 1.82) is 0 Å². The second-order valence-corrected chi connectivity index (χ2v) is 12.9. The second-order valence-electron chi connectivity index (χ2n) is 9.52. The minimum Gasteiger partial charge on any atom is -0.421 e. The highest BCUT2D eigenvalue weighted by Crippen LogP contribution is 2.56. The number of likely N-dealkylation sites (N-methyl/N-ethyl adjacent to an activating group) is 3. The van der Waals surface area contributed by atoms with Crippen molar-refractivity contribution in [3.8, 4) is 0 Å². The first kappa shape index (κ1) is 36.3. The highest BCUT2D eigenvalue weighted by molar-refractivity contribution is 8.13. The van der Waals surface area contributed by atoms with Gasteiger partial charge in [0.25, 0.3) is 0 Å². The van der Waals surface area contributed by atoms with E-state index in [1.165, 1.54) is 16.6 Å². The summed E-state index contributed by atoms with van der Waals surface area (Å²) in [5.41, 5.74) is -9.72. The van der Waals surface area contributed by atoms with Crippen LogP contribution in [0.25, 0.3) is 15.0 Å². The van der Waals surface area contributed by atoms with Crippen LogP contribution in [0.3, 0.4) is 0 Å². The van der Waals surface area contributed by atoms with E-state index in [9.17, 15) is 43.2 Å². The molecule has 17 heteroatoms. The van der Waals surface area contributed by atoms with Crippen LogP contribution >= 0.6 is 0 Å². The summed E-state index contributed by atoms with van der Waals surface area (Å²) < 4.78 is 109. The number of benzene rings is 1. The van der Waals surface area contributed by atoms with Crippen LogP contribution in [0.2, 0.25) is 0 Å². The molecular weight excluding hydrogens is 612 g/mol. The molecule has 1 aliphatic carbocycles. The molecule has 0 amide bonds. The number of hydrogen-bond donors (Lipinski definition) is 1. The maximum Gasteiger partial charge on any atom is 0.480 e. The van der Waals surface area contributed by atoms with Crippen LogP contribution in [0, 0.1) is 0 Å². The lowest BCUT2D eigenvalue weighted by atomic mass is 10.1. The van der Waals surface area contributed by atoms with E-state index in [1.54, 1.807) is 0 Å². The summed E-state index contributed by atoms with van der Waals surface area (Å²) in [7, 11) is -13.4. The quantitative estimate of drug-likeness (QED) is 0.315. The largest absolute Gasteiger partial charge is 0.480 e. The molecule has 42 heavy (non-hydrogen) atoms. The molecule has 1 heterocycles. The van der Waals surface area contributed by atoms with Gasteiger partial charge in [-0.1, -0.05) is 59.7 Å². The van der Waals surface area contributed by atoms with Gasteiger partial charge in [0.1, 0.15) is 0 Å². The monoisotopic (exact) mass is 650 g/mol. The van der Waals surface area contributed by atoms with E-state index in [0.29, 0.717) is 12.1 Å². The highest BCUT2D eigenvalue weighted by atomic mass is 32.3. The number of aromatic nitrogens is 1. The SMILES string of the molecule is CCN(CC)C1C(N(CC)CC)C1(c1cc2ccccc2[nH]1)N(CC)CC.O=S(=O)([N-]S(=O)(=O)C(F)(F)F)C(F)(F)F. The fraction of sp³-hybridized carbons (Fsp3) is 0.680. The molecule has 2 atom stereocenters. The number of sulfonamides is 2. The van der Waals surface area contributed by atoms with E-state index < -0.39 is 31.1 Å². The standard InChI is InChI=1S/C23H38N4.C2F6NO4S2/c1-7-25(8-2)21-22(26(9-3)10-4)23(21,27(11-5)12-6)20-17-18-15-13-14-16-19(18)24-20;3-1(4,5)14(10,11)9-15(12,13)2(6,7)8/h13-17,21-22,24H,7-12H2,1-6H3;/q;-1. The lowest BCUT2D eigenvalue weighted by molar-refractivity contribution is -0.0444. The number of halogens is 6. The van der Waals surface area contributed by atoms with E-state index in [1.807, 2.05) is 0 Å².